The van der Waals surface area contributed by atoms with Crippen LogP contribution in [0.2, 0.25) is 0 Å². The number of thiazole rings is 1. The van der Waals surface area contributed by atoms with E-state index in [0.717, 1.165) is 10.8 Å². The van der Waals surface area contributed by atoms with Crippen LogP contribution in [0.1, 0.15) is 5.56 Å². The number of nitrogens with two attached hydrogens (primary N) is 1. The molecule has 0 aliphatic rings. The lowest BCUT2D eigenvalue weighted by molar-refractivity contribution is 1.17. The van der Waals surface area contributed by atoms with Crippen LogP contribution in [-0.2, 0) is 0 Å². The van der Waals surface area contributed by atoms with Gasteiger partial charge in [0.1, 0.15) is 5.00 Å². The van der Waals surface area contributed by atoms with E-state index in [-0.39, 0.29) is 0 Å². The molecule has 1 heterocycles. The Morgan fingerprint density at radius 2 is 2.31 bits per heavy atom. The molecule has 2 aromatic rings. The van der Waals surface area contributed by atoms with Crippen molar-refractivity contribution in [3.05, 3.63) is 36.0 Å². The zero-order valence-corrected chi connectivity index (χ0v) is 9.53. The van der Waals surface area contributed by atoms with Gasteiger partial charge in [0.2, 0.25) is 0 Å². The van der Waals surface area contributed by atoms with Crippen LogP contribution in [0.3, 0.4) is 0 Å². The molecule has 0 bridgehead atoms. The molecule has 0 aliphatic heterocycles. The lowest BCUT2D eigenvalue weighted by Gasteiger charge is -2.15. The van der Waals surface area contributed by atoms with Gasteiger partial charge in [-0.15, -0.1) is 0 Å². The van der Waals surface area contributed by atoms with Gasteiger partial charge in [0.25, 0.3) is 0 Å². The number of aromatic nitrogens is 1. The van der Waals surface area contributed by atoms with Crippen LogP contribution in [0.25, 0.3) is 0 Å². The van der Waals surface area contributed by atoms with Crippen molar-refractivity contribution in [3.63, 3.8) is 0 Å². The molecule has 1 aromatic carbocycles. The lowest BCUT2D eigenvalue weighted by atomic mass is 10.2. The number of nitrogen functional groups attached to an aromatic ring is 1. The Hall–Kier alpha value is -2.06. The van der Waals surface area contributed by atoms with Crippen LogP contribution in [0.15, 0.2) is 30.5 Å². The number of hydrogen-bond donors (Lipinski definition) is 1. The molecule has 5 heteroatoms. The van der Waals surface area contributed by atoms with E-state index in [4.69, 9.17) is 11.0 Å². The van der Waals surface area contributed by atoms with E-state index in [0.29, 0.717) is 10.6 Å². The highest BCUT2D eigenvalue weighted by atomic mass is 32.1. The molecular formula is C11H10N4S. The summed E-state index contributed by atoms with van der Waals surface area (Å²) in [5, 5.41) is 10.3. The molecule has 0 aliphatic carbocycles. The number of benzene rings is 1. The lowest BCUT2D eigenvalue weighted by Crippen LogP contribution is -2.08. The van der Waals surface area contributed by atoms with Crippen LogP contribution in [0.4, 0.5) is 15.8 Å². The van der Waals surface area contributed by atoms with Crippen LogP contribution in [-0.4, -0.2) is 12.0 Å². The van der Waals surface area contributed by atoms with Crippen LogP contribution in [0, 0.1) is 11.3 Å². The molecule has 0 saturated carbocycles. The van der Waals surface area contributed by atoms with Gasteiger partial charge in [0, 0.05) is 12.7 Å². The van der Waals surface area contributed by atoms with Gasteiger partial charge in [-0.2, -0.15) is 5.26 Å². The van der Waals surface area contributed by atoms with Crippen molar-refractivity contribution in [1.82, 2.24) is 4.98 Å². The van der Waals surface area contributed by atoms with Gasteiger partial charge in [-0.05, 0) is 18.2 Å². The fourth-order valence-corrected chi connectivity index (χ4v) is 1.99. The summed E-state index contributed by atoms with van der Waals surface area (Å²) in [6.45, 7) is 0. The van der Waals surface area contributed by atoms with Crippen molar-refractivity contribution >= 4 is 27.2 Å². The highest BCUT2D eigenvalue weighted by Crippen LogP contribution is 2.29. The van der Waals surface area contributed by atoms with E-state index in [1.54, 1.807) is 12.3 Å². The summed E-state index contributed by atoms with van der Waals surface area (Å²) in [5.41, 5.74) is 7.19. The maximum atomic E-state index is 8.82. The van der Waals surface area contributed by atoms with Gasteiger partial charge < -0.3 is 10.6 Å². The van der Waals surface area contributed by atoms with Gasteiger partial charge in [-0.1, -0.05) is 17.4 Å². The molecule has 16 heavy (non-hydrogen) atoms. The summed E-state index contributed by atoms with van der Waals surface area (Å²) in [7, 11) is 1.90. The summed E-state index contributed by atoms with van der Waals surface area (Å²) < 4.78 is 0. The summed E-state index contributed by atoms with van der Waals surface area (Å²) in [5.74, 6) is 0. The van der Waals surface area contributed by atoms with E-state index < -0.39 is 0 Å². The monoisotopic (exact) mass is 230 g/mol. The Balaban J connectivity index is 2.34. The Labute approximate surface area is 97.6 Å². The molecule has 0 fully saturated rings. The van der Waals surface area contributed by atoms with Crippen molar-refractivity contribution < 1.29 is 0 Å². The summed E-state index contributed by atoms with van der Waals surface area (Å²) in [6, 6.07) is 9.48. The second kappa shape index (κ2) is 4.21. The van der Waals surface area contributed by atoms with Crippen LogP contribution >= 0.6 is 11.3 Å². The Kier molecular flexibility index (Phi) is 2.75. The number of nitrogens with zero attached hydrogens (tertiary/aromatic N) is 3. The highest BCUT2D eigenvalue weighted by molar-refractivity contribution is 7.19. The zero-order chi connectivity index (χ0) is 11.5. The van der Waals surface area contributed by atoms with E-state index >= 15 is 0 Å². The third kappa shape index (κ3) is 1.97. The summed E-state index contributed by atoms with van der Waals surface area (Å²) in [4.78, 5) is 6.09. The predicted octanol–water partition coefficient (Wildman–Crippen LogP) is 2.36. The first kappa shape index (κ1) is 10.5. The molecule has 2 rings (SSSR count). The number of rotatable bonds is 2. The van der Waals surface area contributed by atoms with Gasteiger partial charge in [0.15, 0.2) is 5.13 Å². The SMILES string of the molecule is CN(c1cccc(C#N)c1)c1ncc(N)s1. The van der Waals surface area contributed by atoms with Crippen LogP contribution in [0.5, 0.6) is 0 Å². The minimum atomic E-state index is 0.633. The fourth-order valence-electron chi connectivity index (χ4n) is 1.33. The molecule has 0 atom stereocenters. The Morgan fingerprint density at radius 3 is 2.94 bits per heavy atom. The first-order chi connectivity index (χ1) is 7.70. The Morgan fingerprint density at radius 1 is 1.50 bits per heavy atom. The van der Waals surface area contributed by atoms with Crippen molar-refractivity contribution in [2.75, 3.05) is 17.7 Å². The highest BCUT2D eigenvalue weighted by Gasteiger charge is 2.08. The van der Waals surface area contributed by atoms with E-state index in [9.17, 15) is 0 Å². The van der Waals surface area contributed by atoms with Gasteiger partial charge >= 0.3 is 0 Å². The minimum Gasteiger partial charge on any atom is -0.389 e. The third-order valence-corrected chi connectivity index (χ3v) is 3.06. The molecule has 80 valence electrons. The van der Waals surface area contributed by atoms with E-state index in [1.807, 2.05) is 30.1 Å². The molecule has 0 radical (unpaired) electrons. The van der Waals surface area contributed by atoms with Crippen molar-refractivity contribution in [2.24, 2.45) is 0 Å². The molecule has 0 unspecified atom stereocenters. The molecule has 0 spiro atoms. The summed E-state index contributed by atoms with van der Waals surface area (Å²) >= 11 is 1.41. The second-order valence-electron chi connectivity index (χ2n) is 3.27. The van der Waals surface area contributed by atoms with Gasteiger partial charge in [0.05, 0.1) is 17.8 Å². The molecule has 4 nitrogen and oxygen atoms in total. The number of anilines is 3. The smallest absolute Gasteiger partial charge is 0.191 e. The first-order valence-electron chi connectivity index (χ1n) is 4.66. The molecule has 2 N–H and O–H groups in total. The zero-order valence-electron chi connectivity index (χ0n) is 8.71. The average Bonchev–Trinajstić information content (AvgIpc) is 2.75. The minimum absolute atomic E-state index is 0.633. The molecule has 1 aromatic heterocycles. The number of hydrogen-bond acceptors (Lipinski definition) is 5. The maximum absolute atomic E-state index is 8.82. The first-order valence-corrected chi connectivity index (χ1v) is 5.47. The topological polar surface area (TPSA) is 65.9 Å². The predicted molar refractivity (Wildman–Crippen MR) is 65.7 cm³/mol. The largest absolute Gasteiger partial charge is 0.389 e. The van der Waals surface area contributed by atoms with Crippen LogP contribution < -0.4 is 10.6 Å². The van der Waals surface area contributed by atoms with Crippen molar-refractivity contribution in [3.8, 4) is 6.07 Å². The molecule has 0 amide bonds. The average molecular weight is 230 g/mol. The number of nitriles is 1. The van der Waals surface area contributed by atoms with E-state index in [2.05, 4.69) is 11.1 Å². The third-order valence-electron chi connectivity index (χ3n) is 2.16. The maximum Gasteiger partial charge on any atom is 0.191 e. The van der Waals surface area contributed by atoms with Gasteiger partial charge in [-0.3, -0.25) is 0 Å². The molecule has 0 saturated heterocycles. The molecular weight excluding hydrogens is 220 g/mol. The normalized spacial score (nSPS) is 9.75. The van der Waals surface area contributed by atoms with E-state index in [1.165, 1.54) is 11.3 Å². The standard InChI is InChI=1S/C11H10N4S/c1-15(11-14-7-10(13)16-11)9-4-2-3-8(5-9)6-12/h2-5,7H,13H2,1H3. The summed E-state index contributed by atoms with van der Waals surface area (Å²) in [6.07, 6.45) is 1.63. The second-order valence-corrected chi connectivity index (χ2v) is 4.31. The van der Waals surface area contributed by atoms with Crippen molar-refractivity contribution in [2.45, 2.75) is 0 Å². The Bertz CT molecular complexity index is 541. The fraction of sp³-hybridized carbons (Fsp3) is 0.0909. The quantitative estimate of drug-likeness (QED) is 0.860. The van der Waals surface area contributed by atoms with Gasteiger partial charge in [-0.25, -0.2) is 4.98 Å². The van der Waals surface area contributed by atoms with Crippen molar-refractivity contribution in [1.29, 1.82) is 5.26 Å².